The summed E-state index contributed by atoms with van der Waals surface area (Å²) in [5.41, 5.74) is 22.8. The normalized spacial score (nSPS) is 14.3. The number of benzene rings is 8. The highest BCUT2D eigenvalue weighted by molar-refractivity contribution is 6.20. The summed E-state index contributed by atoms with van der Waals surface area (Å²) in [6, 6.07) is 55.1. The molecule has 262 valence electrons. The summed E-state index contributed by atoms with van der Waals surface area (Å²) < 4.78 is 0. The van der Waals surface area contributed by atoms with Gasteiger partial charge in [-0.25, -0.2) is 0 Å². The third-order valence-electron chi connectivity index (χ3n) is 12.2. The molecule has 8 aromatic carbocycles. The molecule has 2 heteroatoms. The van der Waals surface area contributed by atoms with Gasteiger partial charge in [0.1, 0.15) is 0 Å². The number of fused-ring (bicyclic) bond motifs is 6. The fourth-order valence-corrected chi connectivity index (χ4v) is 9.68. The molecule has 2 aliphatic carbocycles. The lowest BCUT2D eigenvalue weighted by Gasteiger charge is -2.19. The molecule has 0 fully saturated rings. The second-order valence-electron chi connectivity index (χ2n) is 15.3. The van der Waals surface area contributed by atoms with Crippen molar-refractivity contribution in [2.24, 2.45) is 0 Å². The largest absolute Gasteiger partial charge is 0.387 e. The van der Waals surface area contributed by atoms with Gasteiger partial charge in [0.2, 0.25) is 0 Å². The topological polar surface area (TPSA) is 24.1 Å². The van der Waals surface area contributed by atoms with E-state index in [1.54, 1.807) is 0 Å². The summed E-state index contributed by atoms with van der Waals surface area (Å²) in [7, 11) is 0. The number of nitrogens with one attached hydrogen (secondary N) is 2. The molecular formula is C54H36N2. The minimum absolute atomic E-state index is 0.796. The van der Waals surface area contributed by atoms with E-state index in [2.05, 4.69) is 187 Å². The molecule has 0 saturated carbocycles. The van der Waals surface area contributed by atoms with E-state index < -0.39 is 0 Å². The zero-order valence-corrected chi connectivity index (χ0v) is 30.7. The van der Waals surface area contributed by atoms with Gasteiger partial charge in [0.15, 0.2) is 0 Å². The number of hydrogen-bond donors (Lipinski definition) is 2. The number of allylic oxidation sites excluding steroid dienone is 4. The molecule has 0 bridgehead atoms. The highest BCUT2D eigenvalue weighted by Gasteiger charge is 2.25. The standard InChI is InChI=1S/C54H36N2/c1-3-13-45-43(11-1)49-17-5-15-47-41(19-21-51(45)53(47)49)39-28-38(37-26-35(33-9-7-23-55-31-33)25-36(27-37)34-10-8-24-56-32-34)29-40(30-39)42-20-22-52-46-14-4-2-12-44(46)50-18-6-16-48(42)54(50)52/h1-23,25-30,32,55-56H,24,31H2. The third-order valence-corrected chi connectivity index (χ3v) is 12.2. The second-order valence-corrected chi connectivity index (χ2v) is 15.3. The summed E-state index contributed by atoms with van der Waals surface area (Å²) in [6.45, 7) is 1.64. The Morgan fingerprint density at radius 2 is 0.875 bits per heavy atom. The van der Waals surface area contributed by atoms with Crippen LogP contribution in [0.3, 0.4) is 0 Å². The molecule has 12 rings (SSSR count). The fraction of sp³-hybridized carbons (Fsp3) is 0.0370. The Hall–Kier alpha value is -7.16. The first-order valence-corrected chi connectivity index (χ1v) is 19.6. The summed E-state index contributed by atoms with van der Waals surface area (Å²) in [4.78, 5) is 0. The zero-order chi connectivity index (χ0) is 36.7. The molecule has 0 unspecified atom stereocenters. The lowest BCUT2D eigenvalue weighted by molar-refractivity contribution is 0.976. The van der Waals surface area contributed by atoms with Crippen LogP contribution in [0.25, 0.3) is 111 Å². The van der Waals surface area contributed by atoms with Gasteiger partial charge in [-0.15, -0.1) is 0 Å². The van der Waals surface area contributed by atoms with Crippen molar-refractivity contribution < 1.29 is 0 Å². The molecule has 2 heterocycles. The predicted octanol–water partition coefficient (Wildman–Crippen LogP) is 13.3. The molecule has 0 aromatic heterocycles. The van der Waals surface area contributed by atoms with Crippen LogP contribution in [0.4, 0.5) is 0 Å². The first-order valence-electron chi connectivity index (χ1n) is 19.6. The molecule has 0 atom stereocenters. The summed E-state index contributed by atoms with van der Waals surface area (Å²) in [6.07, 6.45) is 12.9. The molecule has 56 heavy (non-hydrogen) atoms. The van der Waals surface area contributed by atoms with E-state index in [-0.39, 0.29) is 0 Å². The highest BCUT2D eigenvalue weighted by Crippen LogP contribution is 2.52. The van der Waals surface area contributed by atoms with Gasteiger partial charge in [-0.2, -0.15) is 0 Å². The highest BCUT2D eigenvalue weighted by atomic mass is 14.8. The molecule has 2 nitrogen and oxygen atoms in total. The summed E-state index contributed by atoms with van der Waals surface area (Å²) in [5, 5.41) is 12.2. The Bertz CT molecular complexity index is 2920. The van der Waals surface area contributed by atoms with Crippen LogP contribution in [-0.2, 0) is 0 Å². The minimum Gasteiger partial charge on any atom is -0.387 e. The number of hydrogen-bond acceptors (Lipinski definition) is 2. The van der Waals surface area contributed by atoms with E-state index in [0.717, 1.165) is 13.1 Å². The maximum absolute atomic E-state index is 3.44. The molecule has 0 spiro atoms. The smallest absolute Gasteiger partial charge is 0.0401 e. The van der Waals surface area contributed by atoms with E-state index in [0.29, 0.717) is 0 Å². The monoisotopic (exact) mass is 712 g/mol. The lowest BCUT2D eigenvalue weighted by Crippen LogP contribution is -2.12. The van der Waals surface area contributed by atoms with Crippen molar-refractivity contribution >= 4 is 32.7 Å². The van der Waals surface area contributed by atoms with E-state index in [9.17, 15) is 0 Å². The van der Waals surface area contributed by atoms with Crippen molar-refractivity contribution in [1.29, 1.82) is 0 Å². The summed E-state index contributed by atoms with van der Waals surface area (Å²) in [5.74, 6) is 0. The Kier molecular flexibility index (Phi) is 6.79. The van der Waals surface area contributed by atoms with Crippen molar-refractivity contribution in [3.63, 3.8) is 0 Å². The van der Waals surface area contributed by atoms with E-state index in [4.69, 9.17) is 0 Å². The van der Waals surface area contributed by atoms with Crippen LogP contribution in [0.15, 0.2) is 182 Å². The van der Waals surface area contributed by atoms with Crippen LogP contribution in [0.2, 0.25) is 0 Å². The Labute approximate surface area is 326 Å². The maximum Gasteiger partial charge on any atom is 0.0401 e. The molecular weight excluding hydrogens is 677 g/mol. The Balaban J connectivity index is 1.12. The van der Waals surface area contributed by atoms with Gasteiger partial charge in [-0.05, 0) is 170 Å². The van der Waals surface area contributed by atoms with Crippen molar-refractivity contribution in [2.45, 2.75) is 0 Å². The van der Waals surface area contributed by atoms with Gasteiger partial charge >= 0.3 is 0 Å². The van der Waals surface area contributed by atoms with Crippen molar-refractivity contribution in [2.75, 3.05) is 13.1 Å². The first kappa shape index (κ1) is 31.2. The summed E-state index contributed by atoms with van der Waals surface area (Å²) >= 11 is 0. The van der Waals surface area contributed by atoms with Crippen LogP contribution >= 0.6 is 0 Å². The van der Waals surface area contributed by atoms with Gasteiger partial charge in [0.05, 0.1) is 0 Å². The lowest BCUT2D eigenvalue weighted by atomic mass is 9.86. The minimum atomic E-state index is 0.796. The van der Waals surface area contributed by atoms with E-state index in [1.165, 1.54) is 122 Å². The van der Waals surface area contributed by atoms with Gasteiger partial charge < -0.3 is 10.6 Å². The first-order chi connectivity index (χ1) is 27.8. The van der Waals surface area contributed by atoms with Crippen LogP contribution < -0.4 is 10.6 Å². The molecule has 2 N–H and O–H groups in total. The van der Waals surface area contributed by atoms with Crippen LogP contribution in [0, 0.1) is 0 Å². The SMILES string of the molecule is C1=CNCC(c2cc(C3=CNCC=C3)cc(-c3cc(-c4ccc5c6c(cccc46)-c4ccccc4-5)cc(-c4ccc5c6c(cccc46)-c4ccccc4-5)c3)c2)=C1. The maximum atomic E-state index is 3.44. The Morgan fingerprint density at radius 3 is 1.41 bits per heavy atom. The van der Waals surface area contributed by atoms with E-state index >= 15 is 0 Å². The van der Waals surface area contributed by atoms with Crippen molar-refractivity contribution in [3.05, 3.63) is 193 Å². The zero-order valence-electron chi connectivity index (χ0n) is 30.7. The molecule has 0 amide bonds. The predicted molar refractivity (Wildman–Crippen MR) is 237 cm³/mol. The molecule has 4 aliphatic rings. The van der Waals surface area contributed by atoms with Gasteiger partial charge in [-0.1, -0.05) is 127 Å². The van der Waals surface area contributed by atoms with Gasteiger partial charge in [-0.3, -0.25) is 0 Å². The number of dihydropyridines is 2. The number of rotatable bonds is 5. The van der Waals surface area contributed by atoms with E-state index in [1.807, 2.05) is 6.20 Å². The Morgan fingerprint density at radius 1 is 0.393 bits per heavy atom. The molecule has 0 radical (unpaired) electrons. The van der Waals surface area contributed by atoms with Crippen LogP contribution in [0.5, 0.6) is 0 Å². The average Bonchev–Trinajstić information content (AvgIpc) is 3.78. The van der Waals surface area contributed by atoms with Crippen LogP contribution in [0.1, 0.15) is 11.1 Å². The molecule has 8 aromatic rings. The van der Waals surface area contributed by atoms with Crippen LogP contribution in [-0.4, -0.2) is 13.1 Å². The van der Waals surface area contributed by atoms with Crippen molar-refractivity contribution in [3.8, 4) is 77.9 Å². The van der Waals surface area contributed by atoms with Gasteiger partial charge in [0.25, 0.3) is 0 Å². The van der Waals surface area contributed by atoms with Gasteiger partial charge in [0, 0.05) is 19.3 Å². The third kappa shape index (κ3) is 4.69. The fourth-order valence-electron chi connectivity index (χ4n) is 9.68. The average molecular weight is 713 g/mol. The second kappa shape index (κ2) is 12.2. The quantitative estimate of drug-likeness (QED) is 0.186. The molecule has 2 aliphatic heterocycles. The van der Waals surface area contributed by atoms with Crippen molar-refractivity contribution in [1.82, 2.24) is 10.6 Å². The molecule has 0 saturated heterocycles.